The molecule has 118 valence electrons. The number of aliphatic carboxylic acids is 1. The zero-order chi connectivity index (χ0) is 15.5. The van der Waals surface area contributed by atoms with Crippen LogP contribution in [0, 0.1) is 17.8 Å². The van der Waals surface area contributed by atoms with Gasteiger partial charge in [0.05, 0.1) is 6.61 Å². The number of benzene rings is 1. The van der Waals surface area contributed by atoms with Crippen LogP contribution >= 0.6 is 0 Å². The quantitative estimate of drug-likeness (QED) is 0.724. The highest BCUT2D eigenvalue weighted by atomic mass is 16.5. The lowest BCUT2D eigenvalue weighted by atomic mass is 10.2. The Morgan fingerprint density at radius 3 is 2.59 bits per heavy atom. The zero-order valence-corrected chi connectivity index (χ0v) is 12.5. The van der Waals surface area contributed by atoms with Crippen molar-refractivity contribution in [2.45, 2.75) is 32.1 Å². The second-order valence-electron chi connectivity index (χ2n) is 6.20. The van der Waals surface area contributed by atoms with E-state index >= 15 is 0 Å². The third-order valence-electron chi connectivity index (χ3n) is 4.33. The molecule has 2 saturated carbocycles. The van der Waals surface area contributed by atoms with Gasteiger partial charge in [-0.3, -0.25) is 9.59 Å². The van der Waals surface area contributed by atoms with E-state index in [1.807, 2.05) is 12.1 Å². The van der Waals surface area contributed by atoms with Gasteiger partial charge >= 0.3 is 5.97 Å². The van der Waals surface area contributed by atoms with Gasteiger partial charge in [-0.1, -0.05) is 0 Å². The fourth-order valence-corrected chi connectivity index (χ4v) is 2.84. The lowest BCUT2D eigenvalue weighted by molar-refractivity contribution is -0.137. The maximum absolute atomic E-state index is 12.1. The standard InChI is InChI=1S/C17H21NO4/c19-16(20)2-1-9-22-13-7-5-12(6-8-13)18-17(21)15-10-14(15)11-3-4-11/h5-8,11,14-15H,1-4,9-10H2,(H,18,21)(H,19,20). The van der Waals surface area contributed by atoms with E-state index in [-0.39, 0.29) is 18.2 Å². The first-order valence-corrected chi connectivity index (χ1v) is 7.89. The molecule has 1 aromatic carbocycles. The van der Waals surface area contributed by atoms with Crippen LogP contribution in [-0.4, -0.2) is 23.6 Å². The average molecular weight is 303 g/mol. The van der Waals surface area contributed by atoms with Crippen molar-refractivity contribution in [3.05, 3.63) is 24.3 Å². The van der Waals surface area contributed by atoms with Crippen LogP contribution in [-0.2, 0) is 9.59 Å². The van der Waals surface area contributed by atoms with E-state index in [0.717, 1.165) is 18.0 Å². The summed E-state index contributed by atoms with van der Waals surface area (Å²) in [5.74, 6) is 1.64. The summed E-state index contributed by atoms with van der Waals surface area (Å²) < 4.78 is 5.46. The monoisotopic (exact) mass is 303 g/mol. The summed E-state index contributed by atoms with van der Waals surface area (Å²) >= 11 is 0. The Labute approximate surface area is 129 Å². The predicted octanol–water partition coefficient (Wildman–Crippen LogP) is 2.91. The van der Waals surface area contributed by atoms with Gasteiger partial charge in [0.2, 0.25) is 5.91 Å². The summed E-state index contributed by atoms with van der Waals surface area (Å²) in [4.78, 5) is 22.5. The van der Waals surface area contributed by atoms with Crippen LogP contribution in [0.1, 0.15) is 32.1 Å². The Morgan fingerprint density at radius 1 is 1.23 bits per heavy atom. The molecule has 5 heteroatoms. The first kappa shape index (κ1) is 14.9. The second kappa shape index (κ2) is 6.38. The molecular formula is C17H21NO4. The molecule has 2 fully saturated rings. The lowest BCUT2D eigenvalue weighted by Crippen LogP contribution is -2.15. The minimum atomic E-state index is -0.814. The fourth-order valence-electron chi connectivity index (χ4n) is 2.84. The molecule has 2 aliphatic rings. The molecule has 1 aromatic rings. The van der Waals surface area contributed by atoms with Crippen molar-refractivity contribution < 1.29 is 19.4 Å². The number of carbonyl (C=O) groups is 2. The number of carboxylic acid groups (broad SMARTS) is 1. The zero-order valence-electron chi connectivity index (χ0n) is 12.5. The largest absolute Gasteiger partial charge is 0.494 e. The van der Waals surface area contributed by atoms with Crippen LogP contribution in [0.3, 0.4) is 0 Å². The molecule has 0 heterocycles. The van der Waals surface area contributed by atoms with E-state index in [2.05, 4.69) is 5.32 Å². The van der Waals surface area contributed by atoms with Gasteiger partial charge in [-0.15, -0.1) is 0 Å². The van der Waals surface area contributed by atoms with Crippen molar-refractivity contribution in [3.63, 3.8) is 0 Å². The van der Waals surface area contributed by atoms with E-state index in [0.29, 0.717) is 24.7 Å². The third-order valence-corrected chi connectivity index (χ3v) is 4.33. The molecule has 2 aliphatic carbocycles. The maximum atomic E-state index is 12.1. The van der Waals surface area contributed by atoms with Crippen LogP contribution in [0.25, 0.3) is 0 Å². The fraction of sp³-hybridized carbons (Fsp3) is 0.529. The minimum absolute atomic E-state index is 0.109. The summed E-state index contributed by atoms with van der Waals surface area (Å²) in [6.07, 6.45) is 4.22. The van der Waals surface area contributed by atoms with Crippen LogP contribution in [0.4, 0.5) is 5.69 Å². The smallest absolute Gasteiger partial charge is 0.303 e. The number of anilines is 1. The SMILES string of the molecule is O=C(O)CCCOc1ccc(NC(=O)C2CC2C2CC2)cc1. The highest BCUT2D eigenvalue weighted by Crippen LogP contribution is 2.54. The Hall–Kier alpha value is -2.04. The van der Waals surface area contributed by atoms with Crippen molar-refractivity contribution in [2.24, 2.45) is 17.8 Å². The Bertz CT molecular complexity index is 550. The van der Waals surface area contributed by atoms with E-state index < -0.39 is 5.97 Å². The molecule has 2 N–H and O–H groups in total. The summed E-state index contributed by atoms with van der Waals surface area (Å²) in [7, 11) is 0. The first-order chi connectivity index (χ1) is 10.6. The lowest BCUT2D eigenvalue weighted by Gasteiger charge is -2.08. The number of carboxylic acids is 1. The maximum Gasteiger partial charge on any atom is 0.303 e. The molecule has 2 atom stereocenters. The van der Waals surface area contributed by atoms with Gasteiger partial charge in [-0.25, -0.2) is 0 Å². The molecule has 1 amide bonds. The van der Waals surface area contributed by atoms with Crippen molar-refractivity contribution in [2.75, 3.05) is 11.9 Å². The third kappa shape index (κ3) is 4.00. The van der Waals surface area contributed by atoms with Crippen molar-refractivity contribution in [1.82, 2.24) is 0 Å². The van der Waals surface area contributed by atoms with Gasteiger partial charge in [-0.2, -0.15) is 0 Å². The normalized spacial score (nSPS) is 22.9. The number of hydrogen-bond donors (Lipinski definition) is 2. The highest BCUT2D eigenvalue weighted by Gasteiger charge is 2.51. The number of rotatable bonds is 8. The van der Waals surface area contributed by atoms with Crippen LogP contribution in [0.15, 0.2) is 24.3 Å². The number of carbonyl (C=O) groups excluding carboxylic acids is 1. The second-order valence-corrected chi connectivity index (χ2v) is 6.20. The minimum Gasteiger partial charge on any atom is -0.494 e. The number of amides is 1. The Balaban J connectivity index is 1.41. The van der Waals surface area contributed by atoms with Gasteiger partial charge < -0.3 is 15.2 Å². The molecule has 0 aromatic heterocycles. The topological polar surface area (TPSA) is 75.6 Å². The summed E-state index contributed by atoms with van der Waals surface area (Å²) in [5.41, 5.74) is 0.782. The van der Waals surface area contributed by atoms with E-state index in [1.165, 1.54) is 12.8 Å². The summed E-state index contributed by atoms with van der Waals surface area (Å²) in [6, 6.07) is 7.22. The van der Waals surface area contributed by atoms with Gasteiger partial charge in [0.15, 0.2) is 0 Å². The molecule has 0 spiro atoms. The predicted molar refractivity (Wildman–Crippen MR) is 81.8 cm³/mol. The average Bonchev–Trinajstić information content (AvgIpc) is 3.37. The van der Waals surface area contributed by atoms with Crippen LogP contribution in [0.5, 0.6) is 5.75 Å². The molecular weight excluding hydrogens is 282 g/mol. The molecule has 2 unspecified atom stereocenters. The number of ether oxygens (including phenoxy) is 1. The van der Waals surface area contributed by atoms with Gasteiger partial charge in [0, 0.05) is 18.0 Å². The van der Waals surface area contributed by atoms with Crippen molar-refractivity contribution in [1.29, 1.82) is 0 Å². The van der Waals surface area contributed by atoms with Gasteiger partial charge in [0.1, 0.15) is 5.75 Å². The molecule has 0 aliphatic heterocycles. The van der Waals surface area contributed by atoms with Crippen LogP contribution < -0.4 is 10.1 Å². The molecule has 3 rings (SSSR count). The summed E-state index contributed by atoms with van der Waals surface area (Å²) in [6.45, 7) is 0.378. The molecule has 0 saturated heterocycles. The Morgan fingerprint density at radius 2 is 1.95 bits per heavy atom. The molecule has 0 bridgehead atoms. The number of nitrogens with one attached hydrogen (secondary N) is 1. The first-order valence-electron chi connectivity index (χ1n) is 7.89. The van der Waals surface area contributed by atoms with E-state index in [1.54, 1.807) is 12.1 Å². The number of hydrogen-bond acceptors (Lipinski definition) is 3. The molecule has 22 heavy (non-hydrogen) atoms. The van der Waals surface area contributed by atoms with Crippen molar-refractivity contribution in [3.8, 4) is 5.75 Å². The summed E-state index contributed by atoms with van der Waals surface area (Å²) in [5, 5.41) is 11.5. The Kier molecular flexibility index (Phi) is 4.32. The van der Waals surface area contributed by atoms with Gasteiger partial charge in [0.25, 0.3) is 0 Å². The van der Waals surface area contributed by atoms with Gasteiger partial charge in [-0.05, 0) is 61.8 Å². The van der Waals surface area contributed by atoms with E-state index in [9.17, 15) is 9.59 Å². The van der Waals surface area contributed by atoms with E-state index in [4.69, 9.17) is 9.84 Å². The molecule has 0 radical (unpaired) electrons. The highest BCUT2D eigenvalue weighted by molar-refractivity contribution is 5.94. The molecule has 5 nitrogen and oxygen atoms in total. The van der Waals surface area contributed by atoms with Crippen molar-refractivity contribution >= 4 is 17.6 Å². The van der Waals surface area contributed by atoms with Crippen LogP contribution in [0.2, 0.25) is 0 Å².